The van der Waals surface area contributed by atoms with Crippen molar-refractivity contribution in [1.82, 2.24) is 9.97 Å². The van der Waals surface area contributed by atoms with Gasteiger partial charge in [0.05, 0.1) is 12.8 Å². The van der Waals surface area contributed by atoms with E-state index in [0.717, 1.165) is 35.8 Å². The van der Waals surface area contributed by atoms with Crippen LogP contribution in [0.15, 0.2) is 73.2 Å². The molecule has 4 rings (SSSR count). The van der Waals surface area contributed by atoms with Crippen LogP contribution in [0, 0.1) is 0 Å². The molecule has 5 heteroatoms. The molecular formula is C22H22N4O. The highest BCUT2D eigenvalue weighted by molar-refractivity contribution is 5.83. The van der Waals surface area contributed by atoms with E-state index in [1.54, 1.807) is 19.5 Å². The van der Waals surface area contributed by atoms with Gasteiger partial charge < -0.3 is 20.4 Å². The number of hydrogen-bond donors (Lipinski definition) is 3. The Balaban J connectivity index is 1.42. The molecule has 5 nitrogen and oxygen atoms in total. The summed E-state index contributed by atoms with van der Waals surface area (Å²) in [5.41, 5.74) is 5.43. The number of ether oxygens (including phenoxy) is 1. The molecule has 0 aliphatic rings. The maximum Gasteiger partial charge on any atom is 0.144 e. The number of benzene rings is 2. The van der Waals surface area contributed by atoms with E-state index >= 15 is 0 Å². The van der Waals surface area contributed by atoms with E-state index in [9.17, 15) is 0 Å². The molecule has 2 aromatic carbocycles. The smallest absolute Gasteiger partial charge is 0.144 e. The lowest BCUT2D eigenvalue weighted by Gasteiger charge is -2.13. The monoisotopic (exact) mass is 358 g/mol. The summed E-state index contributed by atoms with van der Waals surface area (Å²) in [5, 5.41) is 8.12. The normalized spacial score (nSPS) is 10.7. The summed E-state index contributed by atoms with van der Waals surface area (Å²) in [7, 11) is 1.68. The second-order valence-corrected chi connectivity index (χ2v) is 6.31. The third-order valence-electron chi connectivity index (χ3n) is 4.56. The Hall–Kier alpha value is -3.47. The molecule has 2 aromatic heterocycles. The van der Waals surface area contributed by atoms with Gasteiger partial charge in [-0.1, -0.05) is 18.2 Å². The number of nitrogens with zero attached hydrogens (tertiary/aromatic N) is 1. The highest BCUT2D eigenvalue weighted by atomic mass is 16.5. The van der Waals surface area contributed by atoms with Gasteiger partial charge in [0.25, 0.3) is 0 Å². The molecule has 2 heterocycles. The van der Waals surface area contributed by atoms with E-state index in [-0.39, 0.29) is 0 Å². The van der Waals surface area contributed by atoms with Crippen molar-refractivity contribution in [3.8, 4) is 5.75 Å². The summed E-state index contributed by atoms with van der Waals surface area (Å²) in [6.07, 6.45) is 6.56. The van der Waals surface area contributed by atoms with Crippen molar-refractivity contribution in [3.63, 3.8) is 0 Å². The zero-order valence-corrected chi connectivity index (χ0v) is 15.2. The van der Waals surface area contributed by atoms with Crippen molar-refractivity contribution in [2.75, 3.05) is 24.3 Å². The second kappa shape index (κ2) is 7.83. The van der Waals surface area contributed by atoms with Crippen LogP contribution < -0.4 is 15.4 Å². The van der Waals surface area contributed by atoms with E-state index in [1.165, 1.54) is 16.5 Å². The Morgan fingerprint density at radius 2 is 1.85 bits per heavy atom. The number of anilines is 3. The quantitative estimate of drug-likeness (QED) is 0.436. The highest BCUT2D eigenvalue weighted by Gasteiger charge is 2.06. The first-order chi connectivity index (χ1) is 13.3. The molecule has 136 valence electrons. The van der Waals surface area contributed by atoms with Gasteiger partial charge in [-0.3, -0.25) is 4.98 Å². The molecule has 3 N–H and O–H groups in total. The summed E-state index contributed by atoms with van der Waals surface area (Å²) in [6, 6.07) is 18.3. The summed E-state index contributed by atoms with van der Waals surface area (Å²) in [5.74, 6) is 0.795. The summed E-state index contributed by atoms with van der Waals surface area (Å²) in [4.78, 5) is 7.36. The Labute approximate surface area is 158 Å². The van der Waals surface area contributed by atoms with Crippen molar-refractivity contribution in [3.05, 3.63) is 78.8 Å². The molecule has 27 heavy (non-hydrogen) atoms. The molecule has 0 aliphatic heterocycles. The van der Waals surface area contributed by atoms with Crippen molar-refractivity contribution in [2.45, 2.75) is 6.42 Å². The largest absolute Gasteiger partial charge is 0.494 e. The first-order valence-corrected chi connectivity index (χ1v) is 8.97. The fraction of sp³-hybridized carbons (Fsp3) is 0.136. The molecule has 0 saturated carbocycles. The zero-order valence-electron chi connectivity index (χ0n) is 15.2. The molecule has 0 aliphatic carbocycles. The minimum Gasteiger partial charge on any atom is -0.494 e. The predicted octanol–water partition coefficient (Wildman–Crippen LogP) is 4.97. The van der Waals surface area contributed by atoms with Gasteiger partial charge in [-0.15, -0.1) is 0 Å². The molecular weight excluding hydrogens is 336 g/mol. The van der Waals surface area contributed by atoms with E-state index in [2.05, 4.69) is 57.1 Å². The van der Waals surface area contributed by atoms with Crippen molar-refractivity contribution >= 4 is 28.0 Å². The number of nitrogens with one attached hydrogen (secondary N) is 3. The lowest BCUT2D eigenvalue weighted by atomic mass is 10.1. The average Bonchev–Trinajstić information content (AvgIpc) is 3.13. The molecule has 0 amide bonds. The maximum absolute atomic E-state index is 5.54. The Kier molecular flexibility index (Phi) is 4.92. The van der Waals surface area contributed by atoms with Gasteiger partial charge in [0.15, 0.2) is 0 Å². The summed E-state index contributed by atoms with van der Waals surface area (Å²) >= 11 is 0. The van der Waals surface area contributed by atoms with Crippen LogP contribution in [0.4, 0.5) is 17.1 Å². The van der Waals surface area contributed by atoms with Crippen LogP contribution in [0.25, 0.3) is 10.9 Å². The minimum absolute atomic E-state index is 0.795. The first-order valence-electron chi connectivity index (χ1n) is 8.97. The minimum atomic E-state index is 0.795. The van der Waals surface area contributed by atoms with Gasteiger partial charge >= 0.3 is 0 Å². The van der Waals surface area contributed by atoms with Gasteiger partial charge in [0.2, 0.25) is 0 Å². The molecule has 0 unspecified atom stereocenters. The van der Waals surface area contributed by atoms with Gasteiger partial charge in [-0.25, -0.2) is 0 Å². The van der Waals surface area contributed by atoms with Crippen LogP contribution >= 0.6 is 0 Å². The van der Waals surface area contributed by atoms with Crippen molar-refractivity contribution in [1.29, 1.82) is 0 Å². The predicted molar refractivity (Wildman–Crippen MR) is 111 cm³/mol. The third kappa shape index (κ3) is 3.87. The number of rotatable bonds is 7. The lowest BCUT2D eigenvalue weighted by molar-refractivity contribution is 0.417. The van der Waals surface area contributed by atoms with Gasteiger partial charge in [0, 0.05) is 53.5 Å². The fourth-order valence-corrected chi connectivity index (χ4v) is 3.18. The Bertz CT molecular complexity index is 1030. The number of hydrogen-bond acceptors (Lipinski definition) is 4. The summed E-state index contributed by atoms with van der Waals surface area (Å²) < 4.78 is 5.54. The van der Waals surface area contributed by atoms with Gasteiger partial charge in [-0.05, 0) is 42.3 Å². The standard InChI is InChI=1S/C22H22N4O/c1-27-22-14-18(6-7-21(22)26-17-9-11-23-12-10-17)24-13-8-16-15-25-20-5-3-2-4-19(16)20/h2-7,9-12,14-15,24-25H,8,13H2,1H3,(H,23,26). The van der Waals surface area contributed by atoms with Crippen LogP contribution in [0.2, 0.25) is 0 Å². The Morgan fingerprint density at radius 3 is 2.70 bits per heavy atom. The topological polar surface area (TPSA) is 62.0 Å². The average molecular weight is 358 g/mol. The van der Waals surface area contributed by atoms with Crippen LogP contribution in [-0.4, -0.2) is 23.6 Å². The molecule has 0 atom stereocenters. The van der Waals surface area contributed by atoms with Crippen LogP contribution in [0.3, 0.4) is 0 Å². The number of aromatic nitrogens is 2. The second-order valence-electron chi connectivity index (χ2n) is 6.31. The van der Waals surface area contributed by atoms with Crippen LogP contribution in [0.5, 0.6) is 5.75 Å². The van der Waals surface area contributed by atoms with Crippen molar-refractivity contribution < 1.29 is 4.74 Å². The van der Waals surface area contributed by atoms with Crippen LogP contribution in [-0.2, 0) is 6.42 Å². The van der Waals surface area contributed by atoms with Gasteiger partial charge in [-0.2, -0.15) is 0 Å². The Morgan fingerprint density at radius 1 is 1.00 bits per heavy atom. The number of aromatic amines is 1. The zero-order chi connectivity index (χ0) is 18.5. The number of methoxy groups -OCH3 is 1. The van der Waals surface area contributed by atoms with Crippen LogP contribution in [0.1, 0.15) is 5.56 Å². The number of H-pyrrole nitrogens is 1. The van der Waals surface area contributed by atoms with Crippen molar-refractivity contribution in [2.24, 2.45) is 0 Å². The lowest BCUT2D eigenvalue weighted by Crippen LogP contribution is -2.05. The number of fused-ring (bicyclic) bond motifs is 1. The summed E-state index contributed by atoms with van der Waals surface area (Å²) in [6.45, 7) is 0.849. The molecule has 0 spiro atoms. The number of pyridine rings is 1. The molecule has 0 bridgehead atoms. The van der Waals surface area contributed by atoms with E-state index in [0.29, 0.717) is 0 Å². The molecule has 0 fully saturated rings. The SMILES string of the molecule is COc1cc(NCCc2c[nH]c3ccccc23)ccc1Nc1ccncc1. The van der Waals surface area contributed by atoms with E-state index in [1.807, 2.05) is 24.3 Å². The molecule has 4 aromatic rings. The van der Waals surface area contributed by atoms with E-state index in [4.69, 9.17) is 4.74 Å². The third-order valence-corrected chi connectivity index (χ3v) is 4.56. The first kappa shape index (κ1) is 17.0. The van der Waals surface area contributed by atoms with E-state index < -0.39 is 0 Å². The van der Waals surface area contributed by atoms with Gasteiger partial charge in [0.1, 0.15) is 5.75 Å². The fourth-order valence-electron chi connectivity index (χ4n) is 3.18. The molecule has 0 radical (unpaired) electrons. The molecule has 0 saturated heterocycles. The maximum atomic E-state index is 5.54. The number of para-hydroxylation sites is 1. The highest BCUT2D eigenvalue weighted by Crippen LogP contribution is 2.30.